The van der Waals surface area contributed by atoms with Crippen molar-refractivity contribution in [3.05, 3.63) is 35.6 Å². The molecule has 3 aliphatic rings. The van der Waals surface area contributed by atoms with Crippen molar-refractivity contribution in [1.82, 2.24) is 9.80 Å². The predicted octanol–water partition coefficient (Wildman–Crippen LogP) is 3.16. The molecule has 0 aromatic heterocycles. The number of amides is 1. The summed E-state index contributed by atoms with van der Waals surface area (Å²) in [6.07, 6.45) is -0.146. The lowest BCUT2D eigenvalue weighted by Gasteiger charge is -2.25. The number of nitrogens with zero attached hydrogens (tertiary/aromatic N) is 2. The molecule has 0 unspecified atom stereocenters. The van der Waals surface area contributed by atoms with Gasteiger partial charge in [0.05, 0.1) is 0 Å². The fraction of sp³-hybridized carbons (Fsp3) is 0.579. The van der Waals surface area contributed by atoms with Crippen molar-refractivity contribution < 1.29 is 32.3 Å². The minimum absolute atomic E-state index is 0.0655. The largest absolute Gasteiger partial charge is 0.490 e. The quantitative estimate of drug-likeness (QED) is 0.790. The van der Waals surface area contributed by atoms with Crippen molar-refractivity contribution >= 4 is 11.9 Å². The zero-order valence-electron chi connectivity index (χ0n) is 15.2. The molecule has 3 fully saturated rings. The molecule has 0 spiro atoms. The van der Waals surface area contributed by atoms with E-state index in [1.165, 1.54) is 31.5 Å². The Kier molecular flexibility index (Phi) is 5.92. The summed E-state index contributed by atoms with van der Waals surface area (Å²) in [5.74, 6) is -2.07. The Bertz CT molecular complexity index is 719. The standard InChI is InChI=1S/C17H21FN2O.C2HF3O2/c18-14-5-3-13(4-6-14)17(21)20-10-8-15-16(20)7-9-19(15)11-12-1-2-12;3-2(4,5)1(6)7/h3-6,12,15-16H,1-2,7-11H2;(H,6,7)/t15-,16+;/m0./s1. The summed E-state index contributed by atoms with van der Waals surface area (Å²) in [6, 6.07) is 6.85. The number of hydrogen-bond acceptors (Lipinski definition) is 3. The number of rotatable bonds is 3. The molecule has 28 heavy (non-hydrogen) atoms. The fourth-order valence-corrected chi connectivity index (χ4v) is 3.94. The maximum Gasteiger partial charge on any atom is 0.490 e. The Morgan fingerprint density at radius 1 is 1.00 bits per heavy atom. The number of aliphatic carboxylic acids is 1. The first-order valence-electron chi connectivity index (χ1n) is 9.27. The molecule has 1 aliphatic carbocycles. The molecular formula is C19H22F4N2O3. The van der Waals surface area contributed by atoms with Crippen LogP contribution in [0.3, 0.4) is 0 Å². The highest BCUT2D eigenvalue weighted by molar-refractivity contribution is 5.94. The van der Waals surface area contributed by atoms with Crippen molar-refractivity contribution in [2.75, 3.05) is 19.6 Å². The summed E-state index contributed by atoms with van der Waals surface area (Å²) in [7, 11) is 0. The number of carboxylic acid groups (broad SMARTS) is 1. The molecule has 5 nitrogen and oxygen atoms in total. The van der Waals surface area contributed by atoms with E-state index in [9.17, 15) is 22.4 Å². The number of hydrogen-bond donors (Lipinski definition) is 1. The molecule has 1 aromatic rings. The highest BCUT2D eigenvalue weighted by Crippen LogP contribution is 2.37. The Balaban J connectivity index is 0.000000279. The van der Waals surface area contributed by atoms with Crippen LogP contribution in [0.2, 0.25) is 0 Å². The van der Waals surface area contributed by atoms with Crippen LogP contribution < -0.4 is 0 Å². The second-order valence-corrected chi connectivity index (χ2v) is 7.46. The van der Waals surface area contributed by atoms with E-state index in [4.69, 9.17) is 9.90 Å². The van der Waals surface area contributed by atoms with Crippen LogP contribution in [0.25, 0.3) is 0 Å². The lowest BCUT2D eigenvalue weighted by atomic mass is 10.1. The van der Waals surface area contributed by atoms with Crippen LogP contribution in [-0.4, -0.2) is 64.7 Å². The lowest BCUT2D eigenvalue weighted by Crippen LogP contribution is -2.40. The molecule has 0 bridgehead atoms. The maximum absolute atomic E-state index is 13.0. The van der Waals surface area contributed by atoms with E-state index in [2.05, 4.69) is 4.90 Å². The average molecular weight is 402 g/mol. The molecule has 2 aliphatic heterocycles. The maximum atomic E-state index is 13.0. The Labute approximate surface area is 159 Å². The van der Waals surface area contributed by atoms with E-state index in [-0.39, 0.29) is 11.7 Å². The van der Waals surface area contributed by atoms with Crippen LogP contribution >= 0.6 is 0 Å². The van der Waals surface area contributed by atoms with Gasteiger partial charge in [0.1, 0.15) is 5.82 Å². The summed E-state index contributed by atoms with van der Waals surface area (Å²) >= 11 is 0. The van der Waals surface area contributed by atoms with Gasteiger partial charge in [0, 0.05) is 37.3 Å². The van der Waals surface area contributed by atoms with Crippen molar-refractivity contribution in [3.63, 3.8) is 0 Å². The number of benzene rings is 1. The third-order valence-corrected chi connectivity index (χ3v) is 5.48. The molecule has 1 saturated carbocycles. The summed E-state index contributed by atoms with van der Waals surface area (Å²) in [6.45, 7) is 3.19. The average Bonchev–Trinajstić information content (AvgIpc) is 3.21. The lowest BCUT2D eigenvalue weighted by molar-refractivity contribution is -0.192. The van der Waals surface area contributed by atoms with E-state index < -0.39 is 12.1 Å². The minimum atomic E-state index is -5.08. The van der Waals surface area contributed by atoms with Gasteiger partial charge in [-0.25, -0.2) is 9.18 Å². The van der Waals surface area contributed by atoms with Crippen LogP contribution in [0, 0.1) is 11.7 Å². The summed E-state index contributed by atoms with van der Waals surface area (Å²) in [5, 5.41) is 7.12. The number of carbonyl (C=O) groups excluding carboxylic acids is 1. The SMILES string of the molecule is O=C(O)C(F)(F)F.O=C(c1ccc(F)cc1)N1CC[C@H]2[C@H]1CCN2CC1CC1. The molecule has 0 radical (unpaired) electrons. The van der Waals surface area contributed by atoms with Gasteiger partial charge in [-0.1, -0.05) is 0 Å². The summed E-state index contributed by atoms with van der Waals surface area (Å²) in [5.41, 5.74) is 0.609. The van der Waals surface area contributed by atoms with Gasteiger partial charge in [-0.15, -0.1) is 0 Å². The zero-order chi connectivity index (χ0) is 20.5. The van der Waals surface area contributed by atoms with Crippen LogP contribution in [0.4, 0.5) is 17.6 Å². The second kappa shape index (κ2) is 8.06. The van der Waals surface area contributed by atoms with E-state index in [0.29, 0.717) is 17.6 Å². The van der Waals surface area contributed by atoms with Gasteiger partial charge >= 0.3 is 12.1 Å². The van der Waals surface area contributed by atoms with Gasteiger partial charge in [0.25, 0.3) is 5.91 Å². The van der Waals surface area contributed by atoms with E-state index in [0.717, 1.165) is 31.8 Å². The molecule has 2 atom stereocenters. The van der Waals surface area contributed by atoms with Crippen molar-refractivity contribution in [2.45, 2.75) is 43.9 Å². The first-order valence-corrected chi connectivity index (χ1v) is 9.27. The molecule has 9 heteroatoms. The van der Waals surface area contributed by atoms with Crippen LogP contribution in [0.1, 0.15) is 36.0 Å². The molecule has 154 valence electrons. The normalized spacial score (nSPS) is 24.5. The molecular weight excluding hydrogens is 380 g/mol. The van der Waals surface area contributed by atoms with Gasteiger partial charge in [0.2, 0.25) is 0 Å². The van der Waals surface area contributed by atoms with Gasteiger partial charge in [0.15, 0.2) is 0 Å². The second-order valence-electron chi connectivity index (χ2n) is 7.46. The van der Waals surface area contributed by atoms with Crippen LogP contribution in [0.5, 0.6) is 0 Å². The number of fused-ring (bicyclic) bond motifs is 1. The molecule has 1 aromatic carbocycles. The highest BCUT2D eigenvalue weighted by atomic mass is 19.4. The number of likely N-dealkylation sites (tertiary alicyclic amines) is 2. The monoisotopic (exact) mass is 402 g/mol. The van der Waals surface area contributed by atoms with Gasteiger partial charge in [-0.05, 0) is 55.9 Å². The smallest absolute Gasteiger partial charge is 0.475 e. The topological polar surface area (TPSA) is 60.9 Å². The fourth-order valence-electron chi connectivity index (χ4n) is 3.94. The van der Waals surface area contributed by atoms with Crippen LogP contribution in [-0.2, 0) is 4.79 Å². The molecule has 1 amide bonds. The first-order chi connectivity index (χ1) is 13.2. The Hall–Kier alpha value is -2.16. The van der Waals surface area contributed by atoms with Crippen LogP contribution in [0.15, 0.2) is 24.3 Å². The number of carboxylic acids is 1. The predicted molar refractivity (Wildman–Crippen MR) is 92.2 cm³/mol. The number of halogens is 4. The third kappa shape index (κ3) is 4.81. The van der Waals surface area contributed by atoms with Gasteiger partial charge < -0.3 is 10.0 Å². The van der Waals surface area contributed by atoms with Crippen molar-refractivity contribution in [2.24, 2.45) is 5.92 Å². The highest BCUT2D eigenvalue weighted by Gasteiger charge is 2.45. The summed E-state index contributed by atoms with van der Waals surface area (Å²) < 4.78 is 44.7. The number of carbonyl (C=O) groups is 2. The van der Waals surface area contributed by atoms with E-state index in [1.807, 2.05) is 4.90 Å². The van der Waals surface area contributed by atoms with E-state index in [1.54, 1.807) is 12.1 Å². The number of alkyl halides is 3. The Morgan fingerprint density at radius 2 is 1.57 bits per heavy atom. The summed E-state index contributed by atoms with van der Waals surface area (Å²) in [4.78, 5) is 26.1. The van der Waals surface area contributed by atoms with E-state index >= 15 is 0 Å². The first kappa shape index (κ1) is 20.6. The molecule has 2 heterocycles. The van der Waals surface area contributed by atoms with Crippen molar-refractivity contribution in [3.8, 4) is 0 Å². The third-order valence-electron chi connectivity index (χ3n) is 5.48. The van der Waals surface area contributed by atoms with Gasteiger partial charge in [-0.3, -0.25) is 9.69 Å². The molecule has 1 N–H and O–H groups in total. The minimum Gasteiger partial charge on any atom is -0.475 e. The van der Waals surface area contributed by atoms with Crippen molar-refractivity contribution in [1.29, 1.82) is 0 Å². The zero-order valence-corrected chi connectivity index (χ0v) is 15.2. The van der Waals surface area contributed by atoms with Gasteiger partial charge in [-0.2, -0.15) is 13.2 Å². The molecule has 4 rings (SSSR count). The Morgan fingerprint density at radius 3 is 2.11 bits per heavy atom. The molecule has 2 saturated heterocycles.